The lowest BCUT2D eigenvalue weighted by molar-refractivity contribution is -0.126. The van der Waals surface area contributed by atoms with E-state index in [0.717, 1.165) is 6.42 Å². The Labute approximate surface area is 154 Å². The van der Waals surface area contributed by atoms with Crippen LogP contribution in [0.1, 0.15) is 33.1 Å². The monoisotopic (exact) mass is 388 g/mol. The van der Waals surface area contributed by atoms with E-state index in [0.29, 0.717) is 25.1 Å². The van der Waals surface area contributed by atoms with Crippen LogP contribution in [-0.4, -0.2) is 44.9 Å². The van der Waals surface area contributed by atoms with Crippen molar-refractivity contribution in [2.75, 3.05) is 20.2 Å². The summed E-state index contributed by atoms with van der Waals surface area (Å²) in [7, 11) is -2.22. The van der Waals surface area contributed by atoms with Gasteiger partial charge in [0.05, 0.1) is 22.9 Å². The lowest BCUT2D eigenvalue weighted by Gasteiger charge is -2.31. The minimum atomic E-state index is -3.70. The van der Waals surface area contributed by atoms with Crippen LogP contribution in [0.5, 0.6) is 5.75 Å². The van der Waals surface area contributed by atoms with Crippen LogP contribution in [0.15, 0.2) is 23.1 Å². The molecule has 8 heteroatoms. The van der Waals surface area contributed by atoms with Gasteiger partial charge in [-0.25, -0.2) is 8.42 Å². The number of rotatable bonds is 6. The van der Waals surface area contributed by atoms with Gasteiger partial charge in [0.1, 0.15) is 5.75 Å². The van der Waals surface area contributed by atoms with Crippen LogP contribution in [0, 0.1) is 5.92 Å². The fourth-order valence-electron chi connectivity index (χ4n) is 2.79. The number of methoxy groups -OCH3 is 1. The van der Waals surface area contributed by atoms with Gasteiger partial charge in [0.15, 0.2) is 0 Å². The highest BCUT2D eigenvalue weighted by molar-refractivity contribution is 7.89. The van der Waals surface area contributed by atoms with Crippen LogP contribution < -0.4 is 10.1 Å². The molecule has 0 saturated carbocycles. The van der Waals surface area contributed by atoms with E-state index in [4.69, 9.17) is 16.3 Å². The quantitative estimate of drug-likeness (QED) is 0.812. The SMILES string of the molecule is CC[C@@H](C)NC(=O)[C@H]1CCCN(S(=O)(=O)c2ccc(OC)c(Cl)c2)C1. The molecule has 0 radical (unpaired) electrons. The van der Waals surface area contributed by atoms with E-state index in [1.54, 1.807) is 0 Å². The molecule has 1 aliphatic heterocycles. The van der Waals surface area contributed by atoms with Gasteiger partial charge in [-0.2, -0.15) is 4.31 Å². The minimum Gasteiger partial charge on any atom is -0.495 e. The Balaban J connectivity index is 2.16. The van der Waals surface area contributed by atoms with E-state index in [9.17, 15) is 13.2 Å². The van der Waals surface area contributed by atoms with Gasteiger partial charge >= 0.3 is 0 Å². The molecule has 1 aromatic carbocycles. The third-order valence-electron chi connectivity index (χ3n) is 4.52. The van der Waals surface area contributed by atoms with Crippen LogP contribution in [0.25, 0.3) is 0 Å². The van der Waals surface area contributed by atoms with E-state index >= 15 is 0 Å². The number of nitrogens with zero attached hydrogens (tertiary/aromatic N) is 1. The van der Waals surface area contributed by atoms with Crippen LogP contribution in [-0.2, 0) is 14.8 Å². The number of amides is 1. The topological polar surface area (TPSA) is 75.7 Å². The number of hydrogen-bond acceptors (Lipinski definition) is 4. The van der Waals surface area contributed by atoms with E-state index in [1.165, 1.54) is 29.6 Å². The summed E-state index contributed by atoms with van der Waals surface area (Å²) in [6.07, 6.45) is 2.18. The fraction of sp³-hybridized carbons (Fsp3) is 0.588. The molecule has 1 N–H and O–H groups in total. The molecule has 1 heterocycles. The highest BCUT2D eigenvalue weighted by atomic mass is 35.5. The molecule has 0 aliphatic carbocycles. The summed E-state index contributed by atoms with van der Waals surface area (Å²) in [4.78, 5) is 12.5. The zero-order valence-corrected chi connectivity index (χ0v) is 16.4. The molecule has 1 aliphatic rings. The number of carbonyl (C=O) groups is 1. The molecule has 25 heavy (non-hydrogen) atoms. The van der Waals surface area contributed by atoms with Gasteiger partial charge in [0, 0.05) is 19.1 Å². The van der Waals surface area contributed by atoms with Crippen molar-refractivity contribution in [2.24, 2.45) is 5.92 Å². The number of nitrogens with one attached hydrogen (secondary N) is 1. The van der Waals surface area contributed by atoms with Crippen LogP contribution >= 0.6 is 11.6 Å². The Bertz CT molecular complexity index is 723. The summed E-state index contributed by atoms with van der Waals surface area (Å²) >= 11 is 6.05. The first-order valence-electron chi connectivity index (χ1n) is 8.43. The standard InChI is InChI=1S/C17H25ClN2O4S/c1-4-12(2)19-17(21)13-6-5-9-20(11-13)25(22,23)14-7-8-16(24-3)15(18)10-14/h7-8,10,12-13H,4-6,9,11H2,1-3H3,(H,19,21)/t12-,13+/m1/s1. The number of benzene rings is 1. The molecule has 0 aromatic heterocycles. The Morgan fingerprint density at radius 2 is 2.20 bits per heavy atom. The molecule has 140 valence electrons. The van der Waals surface area contributed by atoms with Crippen molar-refractivity contribution in [1.29, 1.82) is 0 Å². The van der Waals surface area contributed by atoms with Gasteiger partial charge in [-0.05, 0) is 44.4 Å². The van der Waals surface area contributed by atoms with Crippen LogP contribution in [0.4, 0.5) is 0 Å². The maximum atomic E-state index is 12.9. The van der Waals surface area contributed by atoms with E-state index < -0.39 is 10.0 Å². The van der Waals surface area contributed by atoms with Crippen molar-refractivity contribution in [3.63, 3.8) is 0 Å². The molecule has 1 aromatic rings. The van der Waals surface area contributed by atoms with E-state index in [2.05, 4.69) is 5.32 Å². The van der Waals surface area contributed by atoms with Crippen molar-refractivity contribution in [2.45, 2.75) is 44.0 Å². The number of halogens is 1. The minimum absolute atomic E-state index is 0.0815. The molecule has 1 saturated heterocycles. The first kappa shape index (κ1) is 20.0. The molecular weight excluding hydrogens is 364 g/mol. The van der Waals surface area contributed by atoms with Gasteiger partial charge in [-0.15, -0.1) is 0 Å². The van der Waals surface area contributed by atoms with Crippen molar-refractivity contribution >= 4 is 27.5 Å². The van der Waals surface area contributed by atoms with E-state index in [-0.39, 0.29) is 34.3 Å². The molecule has 0 unspecified atom stereocenters. The fourth-order valence-corrected chi connectivity index (χ4v) is 4.67. The van der Waals surface area contributed by atoms with E-state index in [1.807, 2.05) is 13.8 Å². The summed E-state index contributed by atoms with van der Waals surface area (Å²) in [5, 5.41) is 3.18. The second-order valence-electron chi connectivity index (χ2n) is 6.32. The summed E-state index contributed by atoms with van der Waals surface area (Å²) < 4.78 is 32.2. The van der Waals surface area contributed by atoms with Gasteiger partial charge in [0.25, 0.3) is 0 Å². The summed E-state index contributed by atoms with van der Waals surface area (Å²) in [5.74, 6) is 0.0123. The van der Waals surface area contributed by atoms with Gasteiger partial charge in [-0.1, -0.05) is 18.5 Å². The van der Waals surface area contributed by atoms with Gasteiger partial charge in [-0.3, -0.25) is 4.79 Å². The Morgan fingerprint density at radius 3 is 2.80 bits per heavy atom. The first-order chi connectivity index (χ1) is 11.8. The lowest BCUT2D eigenvalue weighted by atomic mass is 9.98. The normalized spacial score (nSPS) is 20.1. The van der Waals surface area contributed by atoms with Crippen molar-refractivity contribution in [1.82, 2.24) is 9.62 Å². The highest BCUT2D eigenvalue weighted by Crippen LogP contribution is 2.30. The second kappa shape index (κ2) is 8.38. The third kappa shape index (κ3) is 4.65. The molecule has 2 rings (SSSR count). The maximum Gasteiger partial charge on any atom is 0.243 e. The predicted octanol–water partition coefficient (Wildman–Crippen LogP) is 2.66. The Morgan fingerprint density at radius 1 is 1.48 bits per heavy atom. The predicted molar refractivity (Wildman–Crippen MR) is 97.4 cm³/mol. The average Bonchev–Trinajstić information content (AvgIpc) is 2.61. The van der Waals surface area contributed by atoms with Gasteiger partial charge in [0.2, 0.25) is 15.9 Å². The van der Waals surface area contributed by atoms with Crippen molar-refractivity contribution in [3.8, 4) is 5.75 Å². The third-order valence-corrected chi connectivity index (χ3v) is 6.67. The van der Waals surface area contributed by atoms with Gasteiger partial charge < -0.3 is 10.1 Å². The summed E-state index contributed by atoms with van der Waals surface area (Å²) in [6.45, 7) is 4.53. The Kier molecular flexibility index (Phi) is 6.71. The zero-order chi connectivity index (χ0) is 18.6. The lowest BCUT2D eigenvalue weighted by Crippen LogP contribution is -2.46. The summed E-state index contributed by atoms with van der Waals surface area (Å²) in [5.41, 5.74) is 0. The molecule has 1 amide bonds. The average molecular weight is 389 g/mol. The molecule has 6 nitrogen and oxygen atoms in total. The number of piperidine rings is 1. The highest BCUT2D eigenvalue weighted by Gasteiger charge is 2.33. The van der Waals surface area contributed by atoms with Crippen molar-refractivity contribution in [3.05, 3.63) is 23.2 Å². The molecular formula is C17H25ClN2O4S. The molecule has 0 spiro atoms. The molecule has 1 fully saturated rings. The maximum absolute atomic E-state index is 12.9. The van der Waals surface area contributed by atoms with Crippen LogP contribution in [0.3, 0.4) is 0 Å². The van der Waals surface area contributed by atoms with Crippen molar-refractivity contribution < 1.29 is 17.9 Å². The number of ether oxygens (including phenoxy) is 1. The molecule has 0 bridgehead atoms. The molecule has 2 atom stereocenters. The Hall–Kier alpha value is -1.31. The smallest absolute Gasteiger partial charge is 0.243 e. The van der Waals surface area contributed by atoms with Crippen LogP contribution in [0.2, 0.25) is 5.02 Å². The number of hydrogen-bond donors (Lipinski definition) is 1. The first-order valence-corrected chi connectivity index (χ1v) is 10.3. The largest absolute Gasteiger partial charge is 0.495 e. The second-order valence-corrected chi connectivity index (χ2v) is 8.66. The zero-order valence-electron chi connectivity index (χ0n) is 14.8. The number of sulfonamides is 1. The summed E-state index contributed by atoms with van der Waals surface area (Å²) in [6, 6.07) is 4.48. The number of carbonyl (C=O) groups excluding carboxylic acids is 1.